The summed E-state index contributed by atoms with van der Waals surface area (Å²) in [4.78, 5) is 8.79. The molecule has 0 spiro atoms. The highest BCUT2D eigenvalue weighted by Crippen LogP contribution is 2.25. The molecule has 28 heavy (non-hydrogen) atoms. The van der Waals surface area contributed by atoms with E-state index in [1.165, 1.54) is 11.1 Å². The van der Waals surface area contributed by atoms with Crippen LogP contribution in [0, 0.1) is 13.8 Å². The maximum Gasteiger partial charge on any atom is 0.230 e. The van der Waals surface area contributed by atoms with Gasteiger partial charge < -0.3 is 9.47 Å². The van der Waals surface area contributed by atoms with Crippen LogP contribution >= 0.6 is 0 Å². The maximum absolute atomic E-state index is 9.64. The van der Waals surface area contributed by atoms with Crippen molar-refractivity contribution in [2.75, 3.05) is 7.11 Å². The van der Waals surface area contributed by atoms with Crippen molar-refractivity contribution in [3.05, 3.63) is 83.0 Å². The van der Waals surface area contributed by atoms with Crippen molar-refractivity contribution < 1.29 is 14.7 Å². The van der Waals surface area contributed by atoms with E-state index in [1.54, 1.807) is 49.7 Å². The third-order valence-corrected chi connectivity index (χ3v) is 4.11. The van der Waals surface area contributed by atoms with Crippen LogP contribution in [0.1, 0.15) is 22.3 Å². The van der Waals surface area contributed by atoms with Gasteiger partial charge in [-0.15, -0.1) is 0 Å². The second-order valence-corrected chi connectivity index (χ2v) is 6.41. The summed E-state index contributed by atoms with van der Waals surface area (Å²) in [6.07, 6.45) is 1.63. The van der Waals surface area contributed by atoms with E-state index in [0.29, 0.717) is 23.7 Å². The zero-order valence-corrected chi connectivity index (χ0v) is 16.1. The third kappa shape index (κ3) is 4.86. The van der Waals surface area contributed by atoms with Crippen molar-refractivity contribution in [2.45, 2.75) is 20.4 Å². The van der Waals surface area contributed by atoms with Crippen LogP contribution in [0.15, 0.2) is 65.8 Å². The molecule has 3 aromatic rings. The minimum absolute atomic E-state index is 0.288. The Bertz CT molecular complexity index is 949. The summed E-state index contributed by atoms with van der Waals surface area (Å²) in [5.41, 5.74) is 6.14. The minimum atomic E-state index is 0.288. The van der Waals surface area contributed by atoms with E-state index in [1.807, 2.05) is 13.8 Å². The Kier molecular flexibility index (Phi) is 6.24. The molecule has 0 aliphatic heterocycles. The predicted octanol–water partition coefficient (Wildman–Crippen LogP) is 4.42. The Balaban J connectivity index is 1.85. The number of rotatable bonds is 6. The summed E-state index contributed by atoms with van der Waals surface area (Å²) in [7, 11) is 1.61. The van der Waals surface area contributed by atoms with Crippen LogP contribution in [0.3, 0.4) is 0 Å². The molecule has 0 atom stereocenters. The first-order valence-corrected chi connectivity index (χ1v) is 8.88. The molecule has 3 rings (SSSR count). The Labute approximate surface area is 164 Å². The maximum atomic E-state index is 9.64. The smallest absolute Gasteiger partial charge is 0.230 e. The summed E-state index contributed by atoms with van der Waals surface area (Å²) in [5, 5.41) is 9.64. The molecule has 2 N–H and O–H groups in total. The second kappa shape index (κ2) is 9.01. The number of hydroxylamine groups is 1. The zero-order valence-electron chi connectivity index (χ0n) is 16.1. The first-order chi connectivity index (χ1) is 13.6. The van der Waals surface area contributed by atoms with Crippen molar-refractivity contribution in [1.29, 1.82) is 0 Å². The van der Waals surface area contributed by atoms with Crippen LogP contribution in [0.4, 0.5) is 0 Å². The second-order valence-electron chi connectivity index (χ2n) is 6.41. The highest BCUT2D eigenvalue weighted by molar-refractivity contribution is 6.00. The van der Waals surface area contributed by atoms with Crippen LogP contribution in [0.25, 0.3) is 0 Å². The monoisotopic (exact) mass is 377 g/mol. The van der Waals surface area contributed by atoms with Crippen LogP contribution < -0.4 is 15.0 Å². The number of amidine groups is 1. The van der Waals surface area contributed by atoms with E-state index in [0.717, 1.165) is 11.3 Å². The first-order valence-electron chi connectivity index (χ1n) is 8.88. The average Bonchev–Trinajstić information content (AvgIpc) is 2.69. The lowest BCUT2D eigenvalue weighted by atomic mass is 10.1. The van der Waals surface area contributed by atoms with E-state index >= 15 is 0 Å². The van der Waals surface area contributed by atoms with Gasteiger partial charge in [-0.3, -0.25) is 15.7 Å². The van der Waals surface area contributed by atoms with E-state index in [-0.39, 0.29) is 5.84 Å². The number of benzene rings is 2. The third-order valence-electron chi connectivity index (χ3n) is 4.11. The normalized spacial score (nSPS) is 11.2. The number of hydrogen-bond acceptors (Lipinski definition) is 5. The fourth-order valence-electron chi connectivity index (χ4n) is 2.92. The molecular formula is C22H23N3O3. The van der Waals surface area contributed by atoms with E-state index in [9.17, 15) is 5.21 Å². The predicted molar refractivity (Wildman–Crippen MR) is 108 cm³/mol. The molecule has 144 valence electrons. The fraction of sp³-hybridized carbons (Fsp3) is 0.182. The molecule has 0 fully saturated rings. The summed E-state index contributed by atoms with van der Waals surface area (Å²) < 4.78 is 11.0. The molecule has 1 aromatic heterocycles. The molecule has 0 unspecified atom stereocenters. The zero-order chi connectivity index (χ0) is 19.9. The first kappa shape index (κ1) is 19.4. The van der Waals surface area contributed by atoms with Gasteiger partial charge in [0.1, 0.15) is 11.5 Å². The van der Waals surface area contributed by atoms with Gasteiger partial charge in [0.05, 0.1) is 19.2 Å². The van der Waals surface area contributed by atoms with Crippen molar-refractivity contribution >= 4 is 5.84 Å². The van der Waals surface area contributed by atoms with Gasteiger partial charge in [0, 0.05) is 6.20 Å². The molecular weight excluding hydrogens is 354 g/mol. The number of aliphatic imine (C=N–C) groups is 1. The standard InChI is InChI=1S/C22H23N3O3/c1-15-11-16(2)13-17(12-15)14-24-21(25-26)20-5-4-10-23-22(20)28-19-8-6-18(27-3)7-9-19/h4-13,26H,14H2,1-3H3,(H,24,25). The summed E-state index contributed by atoms with van der Waals surface area (Å²) in [5.74, 6) is 1.97. The SMILES string of the molecule is COc1ccc(Oc2ncccc2C(=NCc2cc(C)cc(C)c2)NO)cc1. The van der Waals surface area contributed by atoms with Gasteiger partial charge in [-0.25, -0.2) is 4.98 Å². The average molecular weight is 377 g/mol. The van der Waals surface area contributed by atoms with E-state index in [2.05, 4.69) is 33.7 Å². The molecule has 0 aliphatic rings. The Morgan fingerprint density at radius 3 is 2.36 bits per heavy atom. The molecule has 0 saturated carbocycles. The van der Waals surface area contributed by atoms with Gasteiger partial charge in [0.25, 0.3) is 0 Å². The Hall–Kier alpha value is -3.38. The number of ether oxygens (including phenoxy) is 2. The molecule has 6 heteroatoms. The fourth-order valence-corrected chi connectivity index (χ4v) is 2.92. The van der Waals surface area contributed by atoms with E-state index in [4.69, 9.17) is 9.47 Å². The van der Waals surface area contributed by atoms with Crippen LogP contribution in [0.2, 0.25) is 0 Å². The number of methoxy groups -OCH3 is 1. The molecule has 2 aromatic carbocycles. The number of aryl methyl sites for hydroxylation is 2. The van der Waals surface area contributed by atoms with Crippen LogP contribution in [-0.4, -0.2) is 23.1 Å². The van der Waals surface area contributed by atoms with Crippen LogP contribution in [-0.2, 0) is 6.54 Å². The lowest BCUT2D eigenvalue weighted by molar-refractivity contribution is 0.234. The summed E-state index contributed by atoms with van der Waals surface area (Å²) in [6, 6.07) is 17.0. The van der Waals surface area contributed by atoms with Gasteiger partial charge in [-0.2, -0.15) is 0 Å². The highest BCUT2D eigenvalue weighted by atomic mass is 16.5. The number of nitrogens with zero attached hydrogens (tertiary/aromatic N) is 2. The number of nitrogens with one attached hydrogen (secondary N) is 1. The topological polar surface area (TPSA) is 76.0 Å². The van der Waals surface area contributed by atoms with E-state index < -0.39 is 0 Å². The van der Waals surface area contributed by atoms with Gasteiger partial charge in [0.15, 0.2) is 5.84 Å². The summed E-state index contributed by atoms with van der Waals surface area (Å²) in [6.45, 7) is 4.52. The molecule has 0 aliphatic carbocycles. The molecule has 0 amide bonds. The van der Waals surface area contributed by atoms with Crippen LogP contribution in [0.5, 0.6) is 17.4 Å². The van der Waals surface area contributed by atoms with Crippen molar-refractivity contribution in [2.24, 2.45) is 4.99 Å². The quantitative estimate of drug-likeness (QED) is 0.378. The number of hydrogen-bond donors (Lipinski definition) is 2. The van der Waals surface area contributed by atoms with Crippen molar-refractivity contribution in [1.82, 2.24) is 10.5 Å². The lowest BCUT2D eigenvalue weighted by Gasteiger charge is -2.12. The molecule has 0 bridgehead atoms. The van der Waals surface area contributed by atoms with Gasteiger partial charge in [-0.1, -0.05) is 29.3 Å². The Morgan fingerprint density at radius 1 is 1.04 bits per heavy atom. The number of pyridine rings is 1. The van der Waals surface area contributed by atoms with Gasteiger partial charge in [-0.05, 0) is 55.8 Å². The van der Waals surface area contributed by atoms with Crippen molar-refractivity contribution in [3.63, 3.8) is 0 Å². The minimum Gasteiger partial charge on any atom is -0.497 e. The molecule has 1 heterocycles. The van der Waals surface area contributed by atoms with Gasteiger partial charge >= 0.3 is 0 Å². The Morgan fingerprint density at radius 2 is 1.71 bits per heavy atom. The van der Waals surface area contributed by atoms with Gasteiger partial charge in [0.2, 0.25) is 5.88 Å². The molecule has 0 saturated heterocycles. The summed E-state index contributed by atoms with van der Waals surface area (Å²) >= 11 is 0. The molecule has 0 radical (unpaired) electrons. The number of aromatic nitrogens is 1. The molecule has 6 nitrogen and oxygen atoms in total. The highest BCUT2D eigenvalue weighted by Gasteiger charge is 2.12. The largest absolute Gasteiger partial charge is 0.497 e. The lowest BCUT2D eigenvalue weighted by Crippen LogP contribution is -2.21. The van der Waals surface area contributed by atoms with Crippen molar-refractivity contribution in [3.8, 4) is 17.4 Å².